The number of nitrogens with one attached hydrogen (secondary N) is 2. The Labute approximate surface area is 166 Å². The summed E-state index contributed by atoms with van der Waals surface area (Å²) < 4.78 is 18.9. The predicted octanol–water partition coefficient (Wildman–Crippen LogP) is 1.51. The molecule has 8 nitrogen and oxygen atoms in total. The van der Waals surface area contributed by atoms with Crippen molar-refractivity contribution in [1.82, 2.24) is 15.5 Å². The number of halogens is 2. The molecule has 0 saturated carbocycles. The smallest absolute Gasteiger partial charge is 0.322 e. The maximum absolute atomic E-state index is 13.9. The number of rotatable bonds is 5. The average molecular weight is 413 g/mol. The summed E-state index contributed by atoms with van der Waals surface area (Å²) in [5.74, 6) is -1.00. The van der Waals surface area contributed by atoms with Crippen LogP contribution < -0.4 is 20.3 Å². The molecule has 0 spiro atoms. The zero-order valence-corrected chi connectivity index (χ0v) is 16.4. The summed E-state index contributed by atoms with van der Waals surface area (Å²) >= 11 is 5.96. The second-order valence-corrected chi connectivity index (χ2v) is 7.29. The number of amides is 4. The van der Waals surface area contributed by atoms with Crippen LogP contribution in [-0.2, 0) is 9.59 Å². The van der Waals surface area contributed by atoms with Gasteiger partial charge in [0, 0.05) is 43.9 Å². The molecular formula is C18H22ClFN4O4. The van der Waals surface area contributed by atoms with E-state index < -0.39 is 23.8 Å². The molecule has 0 unspecified atom stereocenters. The van der Waals surface area contributed by atoms with Gasteiger partial charge in [0.1, 0.15) is 6.04 Å². The maximum Gasteiger partial charge on any atom is 0.322 e. The largest absolute Gasteiger partial charge is 0.494 e. The number of imide groups is 1. The molecule has 1 aromatic carbocycles. The SMILES string of the molecule is COc1cc(N2CCN(C(=O)CC[C@H]3NC(=O)NC3=O)C[C@@H]2C)cc(Cl)c1F. The number of benzene rings is 1. The van der Waals surface area contributed by atoms with Gasteiger partial charge in [0.05, 0.1) is 12.1 Å². The molecule has 1 aromatic rings. The summed E-state index contributed by atoms with van der Waals surface area (Å²) in [4.78, 5) is 39.0. The lowest BCUT2D eigenvalue weighted by atomic mass is 10.1. The molecule has 2 aliphatic heterocycles. The van der Waals surface area contributed by atoms with Gasteiger partial charge in [-0.25, -0.2) is 9.18 Å². The van der Waals surface area contributed by atoms with Crippen LogP contribution in [0.1, 0.15) is 19.8 Å². The Hall–Kier alpha value is -2.55. The number of piperazine rings is 1. The van der Waals surface area contributed by atoms with Gasteiger partial charge < -0.3 is 19.9 Å². The molecule has 10 heteroatoms. The standard InChI is InChI=1S/C18H22ClFN4O4/c1-10-9-23(15(25)4-3-13-17(26)22-18(27)21-13)5-6-24(10)11-7-12(19)16(20)14(8-11)28-2/h7-8,10,13H,3-6,9H2,1-2H3,(H2,21,22,26,27)/t10-,13+/m0/s1. The highest BCUT2D eigenvalue weighted by molar-refractivity contribution is 6.31. The number of methoxy groups -OCH3 is 1. The van der Waals surface area contributed by atoms with Crippen molar-refractivity contribution in [3.05, 3.63) is 23.0 Å². The first-order chi connectivity index (χ1) is 13.3. The van der Waals surface area contributed by atoms with Crippen LogP contribution in [0.25, 0.3) is 0 Å². The van der Waals surface area contributed by atoms with E-state index >= 15 is 0 Å². The van der Waals surface area contributed by atoms with E-state index in [1.54, 1.807) is 17.0 Å². The van der Waals surface area contributed by atoms with Crippen molar-refractivity contribution in [2.24, 2.45) is 0 Å². The first-order valence-electron chi connectivity index (χ1n) is 8.99. The zero-order valence-electron chi connectivity index (χ0n) is 15.6. The third kappa shape index (κ3) is 4.14. The fourth-order valence-electron chi connectivity index (χ4n) is 3.52. The lowest BCUT2D eigenvalue weighted by Gasteiger charge is -2.41. The Kier molecular flexibility index (Phi) is 5.93. The van der Waals surface area contributed by atoms with Gasteiger partial charge in [-0.05, 0) is 19.4 Å². The van der Waals surface area contributed by atoms with Gasteiger partial charge in [-0.3, -0.25) is 14.9 Å². The number of urea groups is 1. The number of hydrogen-bond donors (Lipinski definition) is 2. The van der Waals surface area contributed by atoms with Gasteiger partial charge in [0.2, 0.25) is 5.91 Å². The molecule has 2 aliphatic rings. The highest BCUT2D eigenvalue weighted by Gasteiger charge is 2.32. The normalized spacial score (nSPS) is 22.1. The topological polar surface area (TPSA) is 91.0 Å². The average Bonchev–Trinajstić information content (AvgIpc) is 2.99. The van der Waals surface area contributed by atoms with E-state index in [2.05, 4.69) is 10.6 Å². The van der Waals surface area contributed by atoms with E-state index in [-0.39, 0.29) is 35.6 Å². The van der Waals surface area contributed by atoms with E-state index in [0.29, 0.717) is 19.6 Å². The molecular weight excluding hydrogens is 391 g/mol. The summed E-state index contributed by atoms with van der Waals surface area (Å²) in [6, 6.07) is 1.94. The van der Waals surface area contributed by atoms with Crippen molar-refractivity contribution in [3.63, 3.8) is 0 Å². The van der Waals surface area contributed by atoms with Gasteiger partial charge in [0.25, 0.3) is 5.91 Å². The number of ether oxygens (including phenoxy) is 1. The number of carbonyl (C=O) groups excluding carboxylic acids is 3. The first kappa shape index (κ1) is 20.2. The highest BCUT2D eigenvalue weighted by atomic mass is 35.5. The minimum atomic E-state index is -0.663. The van der Waals surface area contributed by atoms with Crippen molar-refractivity contribution in [2.75, 3.05) is 31.6 Å². The van der Waals surface area contributed by atoms with Crippen LogP contribution in [0.5, 0.6) is 5.75 Å². The van der Waals surface area contributed by atoms with E-state index in [1.165, 1.54) is 7.11 Å². The summed E-state index contributed by atoms with van der Waals surface area (Å²) in [6.07, 6.45) is 0.428. The monoisotopic (exact) mass is 412 g/mol. The van der Waals surface area contributed by atoms with E-state index in [9.17, 15) is 18.8 Å². The quantitative estimate of drug-likeness (QED) is 0.715. The summed E-state index contributed by atoms with van der Waals surface area (Å²) in [5, 5.41) is 4.62. The summed E-state index contributed by atoms with van der Waals surface area (Å²) in [7, 11) is 1.38. The number of hydrogen-bond acceptors (Lipinski definition) is 5. The fourth-order valence-corrected chi connectivity index (χ4v) is 3.73. The Morgan fingerprint density at radius 3 is 2.71 bits per heavy atom. The van der Waals surface area contributed by atoms with Crippen LogP contribution in [-0.4, -0.2) is 61.6 Å². The van der Waals surface area contributed by atoms with Gasteiger partial charge in [-0.1, -0.05) is 11.6 Å². The third-order valence-electron chi connectivity index (χ3n) is 5.02. The lowest BCUT2D eigenvalue weighted by Crippen LogP contribution is -2.54. The van der Waals surface area contributed by atoms with Crippen molar-refractivity contribution < 1.29 is 23.5 Å². The molecule has 2 heterocycles. The molecule has 2 atom stereocenters. The Balaban J connectivity index is 1.59. The molecule has 4 amide bonds. The van der Waals surface area contributed by atoms with E-state index in [1.807, 2.05) is 11.8 Å². The molecule has 0 radical (unpaired) electrons. The molecule has 2 fully saturated rings. The fraction of sp³-hybridized carbons (Fsp3) is 0.500. The summed E-state index contributed by atoms with van der Waals surface area (Å²) in [6.45, 7) is 3.50. The minimum Gasteiger partial charge on any atom is -0.494 e. The van der Waals surface area contributed by atoms with Crippen LogP contribution in [0.15, 0.2) is 12.1 Å². The van der Waals surface area contributed by atoms with Crippen LogP contribution in [0, 0.1) is 5.82 Å². The molecule has 2 N–H and O–H groups in total. The van der Waals surface area contributed by atoms with Crippen molar-refractivity contribution in [2.45, 2.75) is 31.8 Å². The molecule has 0 bridgehead atoms. The molecule has 28 heavy (non-hydrogen) atoms. The number of anilines is 1. The maximum atomic E-state index is 13.9. The lowest BCUT2D eigenvalue weighted by molar-refractivity contribution is -0.132. The second kappa shape index (κ2) is 8.22. The van der Waals surface area contributed by atoms with Crippen LogP contribution in [0.2, 0.25) is 5.02 Å². The molecule has 3 rings (SSSR count). The molecule has 2 saturated heterocycles. The molecule has 152 valence electrons. The van der Waals surface area contributed by atoms with Gasteiger partial charge in [-0.2, -0.15) is 0 Å². The van der Waals surface area contributed by atoms with Gasteiger partial charge >= 0.3 is 6.03 Å². The molecule has 0 aromatic heterocycles. The van der Waals surface area contributed by atoms with Gasteiger partial charge in [0.15, 0.2) is 11.6 Å². The van der Waals surface area contributed by atoms with Crippen LogP contribution in [0.4, 0.5) is 14.9 Å². The van der Waals surface area contributed by atoms with Gasteiger partial charge in [-0.15, -0.1) is 0 Å². The first-order valence-corrected chi connectivity index (χ1v) is 9.36. The number of carbonyl (C=O) groups is 3. The minimum absolute atomic E-state index is 0.0154. The van der Waals surface area contributed by atoms with Crippen LogP contribution in [0.3, 0.4) is 0 Å². The van der Waals surface area contributed by atoms with Crippen molar-refractivity contribution in [3.8, 4) is 5.75 Å². The van der Waals surface area contributed by atoms with Crippen molar-refractivity contribution in [1.29, 1.82) is 0 Å². The number of nitrogens with zero attached hydrogens (tertiary/aromatic N) is 2. The van der Waals surface area contributed by atoms with E-state index in [4.69, 9.17) is 16.3 Å². The zero-order chi connectivity index (χ0) is 20.4. The Morgan fingerprint density at radius 1 is 1.36 bits per heavy atom. The third-order valence-corrected chi connectivity index (χ3v) is 5.29. The Bertz CT molecular complexity index is 806. The Morgan fingerprint density at radius 2 is 2.11 bits per heavy atom. The predicted molar refractivity (Wildman–Crippen MR) is 101 cm³/mol. The van der Waals surface area contributed by atoms with E-state index in [0.717, 1.165) is 5.69 Å². The summed E-state index contributed by atoms with van der Waals surface area (Å²) in [5.41, 5.74) is 0.730. The molecule has 0 aliphatic carbocycles. The van der Waals surface area contributed by atoms with Crippen molar-refractivity contribution >= 4 is 35.1 Å². The highest BCUT2D eigenvalue weighted by Crippen LogP contribution is 2.32. The van der Waals surface area contributed by atoms with Crippen LogP contribution >= 0.6 is 11.6 Å². The second-order valence-electron chi connectivity index (χ2n) is 6.88.